The molecule has 3 rings (SSSR count). The number of rotatable bonds is 6. The number of nitrogens with one attached hydrogen (secondary N) is 1. The van der Waals surface area contributed by atoms with Crippen LogP contribution < -0.4 is 10.2 Å². The number of ketones is 1. The van der Waals surface area contributed by atoms with Crippen molar-refractivity contribution in [2.45, 2.75) is 32.7 Å². The normalized spacial score (nSPS) is 19.6. The SMILES string of the molecule is CC(=O)c1ccc(N2CCN(CC(=O)NC(C)C3CC3)CC2)c(F)c1. The molecule has 2 fully saturated rings. The summed E-state index contributed by atoms with van der Waals surface area (Å²) in [5, 5.41) is 3.07. The third kappa shape index (κ3) is 4.57. The van der Waals surface area contributed by atoms with Gasteiger partial charge < -0.3 is 10.2 Å². The largest absolute Gasteiger partial charge is 0.367 e. The van der Waals surface area contributed by atoms with Gasteiger partial charge in [0.15, 0.2) is 5.78 Å². The van der Waals surface area contributed by atoms with E-state index in [9.17, 15) is 14.0 Å². The Hall–Kier alpha value is -1.95. The van der Waals surface area contributed by atoms with Gasteiger partial charge in [-0.05, 0) is 50.8 Å². The zero-order chi connectivity index (χ0) is 18.0. The van der Waals surface area contributed by atoms with Crippen molar-refractivity contribution in [1.82, 2.24) is 10.2 Å². The van der Waals surface area contributed by atoms with Crippen LogP contribution in [0.4, 0.5) is 10.1 Å². The van der Waals surface area contributed by atoms with Gasteiger partial charge in [0.05, 0.1) is 12.2 Å². The zero-order valence-electron chi connectivity index (χ0n) is 14.9. The van der Waals surface area contributed by atoms with Crippen LogP contribution in [0.25, 0.3) is 0 Å². The first-order valence-corrected chi connectivity index (χ1v) is 9.01. The first-order chi connectivity index (χ1) is 11.9. The molecule has 1 N–H and O–H groups in total. The number of amides is 1. The number of piperazine rings is 1. The van der Waals surface area contributed by atoms with Crippen molar-refractivity contribution in [2.75, 3.05) is 37.6 Å². The van der Waals surface area contributed by atoms with Crippen LogP contribution in [-0.2, 0) is 4.79 Å². The van der Waals surface area contributed by atoms with E-state index in [1.54, 1.807) is 12.1 Å². The highest BCUT2D eigenvalue weighted by Crippen LogP contribution is 2.32. The van der Waals surface area contributed by atoms with Crippen molar-refractivity contribution < 1.29 is 14.0 Å². The molecule has 0 bridgehead atoms. The molecule has 1 saturated carbocycles. The zero-order valence-corrected chi connectivity index (χ0v) is 14.9. The Balaban J connectivity index is 1.49. The van der Waals surface area contributed by atoms with Crippen LogP contribution in [0.1, 0.15) is 37.0 Å². The van der Waals surface area contributed by atoms with Crippen LogP contribution in [0.3, 0.4) is 0 Å². The van der Waals surface area contributed by atoms with Crippen LogP contribution in [0, 0.1) is 11.7 Å². The number of anilines is 1. The van der Waals surface area contributed by atoms with E-state index in [0.29, 0.717) is 36.8 Å². The second-order valence-corrected chi connectivity index (χ2v) is 7.18. The minimum absolute atomic E-state index is 0.0739. The maximum absolute atomic E-state index is 14.3. The summed E-state index contributed by atoms with van der Waals surface area (Å²) in [6, 6.07) is 4.91. The predicted molar refractivity (Wildman–Crippen MR) is 95.4 cm³/mol. The summed E-state index contributed by atoms with van der Waals surface area (Å²) in [5.74, 6) is 0.227. The summed E-state index contributed by atoms with van der Waals surface area (Å²) >= 11 is 0. The highest BCUT2D eigenvalue weighted by atomic mass is 19.1. The number of carbonyl (C=O) groups is 2. The lowest BCUT2D eigenvalue weighted by Crippen LogP contribution is -2.50. The second kappa shape index (κ2) is 7.52. The highest BCUT2D eigenvalue weighted by Gasteiger charge is 2.29. The quantitative estimate of drug-likeness (QED) is 0.801. The average molecular weight is 347 g/mol. The van der Waals surface area contributed by atoms with Gasteiger partial charge in [-0.15, -0.1) is 0 Å². The van der Waals surface area contributed by atoms with Gasteiger partial charge in [0.1, 0.15) is 5.82 Å². The highest BCUT2D eigenvalue weighted by molar-refractivity contribution is 5.94. The number of nitrogens with zero attached hydrogens (tertiary/aromatic N) is 2. The van der Waals surface area contributed by atoms with Crippen molar-refractivity contribution in [3.05, 3.63) is 29.6 Å². The van der Waals surface area contributed by atoms with Gasteiger partial charge in [-0.2, -0.15) is 0 Å². The summed E-state index contributed by atoms with van der Waals surface area (Å²) in [5.41, 5.74) is 0.915. The van der Waals surface area contributed by atoms with Crippen LogP contribution in [0.5, 0.6) is 0 Å². The number of Topliss-reactive ketones (excluding diaryl/α,β-unsaturated/α-hetero) is 1. The Bertz CT molecular complexity index is 652. The number of benzene rings is 1. The summed E-state index contributed by atoms with van der Waals surface area (Å²) in [4.78, 5) is 27.5. The lowest BCUT2D eigenvalue weighted by Gasteiger charge is -2.36. The monoisotopic (exact) mass is 347 g/mol. The predicted octanol–water partition coefficient (Wildman–Crippen LogP) is 2.06. The molecule has 1 aromatic carbocycles. The lowest BCUT2D eigenvalue weighted by molar-refractivity contribution is -0.123. The standard InChI is InChI=1S/C19H26FN3O2/c1-13(15-3-4-15)21-19(25)12-22-7-9-23(10-8-22)18-6-5-16(14(2)24)11-17(18)20/h5-6,11,13,15H,3-4,7-10,12H2,1-2H3,(H,21,25). The summed E-state index contributed by atoms with van der Waals surface area (Å²) in [6.45, 7) is 6.68. The lowest BCUT2D eigenvalue weighted by atomic mass is 10.1. The first kappa shape index (κ1) is 17.9. The molecule has 1 atom stereocenters. The second-order valence-electron chi connectivity index (χ2n) is 7.18. The molecule has 1 heterocycles. The molecular weight excluding hydrogens is 321 g/mol. The van der Waals surface area contributed by atoms with Crippen molar-refractivity contribution in [3.8, 4) is 0 Å². The van der Waals surface area contributed by atoms with Gasteiger partial charge >= 0.3 is 0 Å². The Morgan fingerprint density at radius 1 is 1.24 bits per heavy atom. The Morgan fingerprint density at radius 3 is 2.48 bits per heavy atom. The van der Waals surface area contributed by atoms with E-state index in [1.807, 2.05) is 4.90 Å². The molecule has 2 aliphatic rings. The molecule has 1 unspecified atom stereocenters. The summed E-state index contributed by atoms with van der Waals surface area (Å²) in [6.07, 6.45) is 2.43. The minimum atomic E-state index is -0.364. The van der Waals surface area contributed by atoms with Crippen molar-refractivity contribution in [2.24, 2.45) is 5.92 Å². The van der Waals surface area contributed by atoms with E-state index in [4.69, 9.17) is 0 Å². The maximum Gasteiger partial charge on any atom is 0.234 e. The summed E-state index contributed by atoms with van der Waals surface area (Å²) in [7, 11) is 0. The van der Waals surface area contributed by atoms with Gasteiger partial charge in [-0.25, -0.2) is 4.39 Å². The number of halogens is 1. The molecule has 0 radical (unpaired) electrons. The van der Waals surface area contributed by atoms with Crippen molar-refractivity contribution >= 4 is 17.4 Å². The molecule has 1 amide bonds. The van der Waals surface area contributed by atoms with Crippen molar-refractivity contribution in [3.63, 3.8) is 0 Å². The number of hydrogen-bond acceptors (Lipinski definition) is 4. The molecule has 1 aliphatic carbocycles. The smallest absolute Gasteiger partial charge is 0.234 e. The van der Waals surface area contributed by atoms with Gasteiger partial charge in [0, 0.05) is 37.8 Å². The molecule has 1 aromatic rings. The van der Waals surface area contributed by atoms with Crippen molar-refractivity contribution in [1.29, 1.82) is 0 Å². The average Bonchev–Trinajstić information content (AvgIpc) is 3.40. The van der Waals surface area contributed by atoms with E-state index in [-0.39, 0.29) is 23.5 Å². The molecule has 0 aromatic heterocycles. The topological polar surface area (TPSA) is 52.7 Å². The van der Waals surface area contributed by atoms with E-state index in [0.717, 1.165) is 13.1 Å². The van der Waals surface area contributed by atoms with Crippen LogP contribution in [-0.4, -0.2) is 55.4 Å². The van der Waals surface area contributed by atoms with Crippen LogP contribution in [0.2, 0.25) is 0 Å². The van der Waals surface area contributed by atoms with Gasteiger partial charge in [0.25, 0.3) is 0 Å². The molecule has 1 saturated heterocycles. The number of hydrogen-bond donors (Lipinski definition) is 1. The first-order valence-electron chi connectivity index (χ1n) is 9.01. The van der Waals surface area contributed by atoms with E-state index >= 15 is 0 Å². The molecule has 25 heavy (non-hydrogen) atoms. The molecule has 6 heteroatoms. The third-order valence-corrected chi connectivity index (χ3v) is 5.15. The van der Waals surface area contributed by atoms with Crippen LogP contribution in [0.15, 0.2) is 18.2 Å². The fourth-order valence-electron chi connectivity index (χ4n) is 3.35. The van der Waals surface area contributed by atoms with Gasteiger partial charge in [-0.1, -0.05) is 0 Å². The Labute approximate surface area is 148 Å². The van der Waals surface area contributed by atoms with Gasteiger partial charge in [0.2, 0.25) is 5.91 Å². The molecule has 0 spiro atoms. The maximum atomic E-state index is 14.3. The molecule has 5 nitrogen and oxygen atoms in total. The molecule has 136 valence electrons. The number of carbonyl (C=O) groups excluding carboxylic acids is 2. The van der Waals surface area contributed by atoms with E-state index in [1.165, 1.54) is 25.8 Å². The molecular formula is C19H26FN3O2. The summed E-state index contributed by atoms with van der Waals surface area (Å²) < 4.78 is 14.3. The van der Waals surface area contributed by atoms with Gasteiger partial charge in [-0.3, -0.25) is 14.5 Å². The Kier molecular flexibility index (Phi) is 5.37. The Morgan fingerprint density at radius 2 is 1.92 bits per heavy atom. The van der Waals surface area contributed by atoms with Crippen LogP contribution >= 0.6 is 0 Å². The fourth-order valence-corrected chi connectivity index (χ4v) is 3.35. The fraction of sp³-hybridized carbons (Fsp3) is 0.579. The minimum Gasteiger partial charge on any atom is -0.367 e. The van der Waals surface area contributed by atoms with E-state index in [2.05, 4.69) is 17.1 Å². The van der Waals surface area contributed by atoms with E-state index < -0.39 is 0 Å². The third-order valence-electron chi connectivity index (χ3n) is 5.15. The molecule has 1 aliphatic heterocycles.